The number of carbonyl (C=O) groups excluding carboxylic acids is 2. The van der Waals surface area contributed by atoms with Crippen molar-refractivity contribution in [1.29, 1.82) is 0 Å². The molecule has 0 spiro atoms. The van der Waals surface area contributed by atoms with Crippen molar-refractivity contribution in [3.05, 3.63) is 47.7 Å². The van der Waals surface area contributed by atoms with Gasteiger partial charge in [0.15, 0.2) is 6.29 Å². The first-order valence-corrected chi connectivity index (χ1v) is 4.92. The van der Waals surface area contributed by atoms with Gasteiger partial charge in [-0.2, -0.15) is 0 Å². The predicted molar refractivity (Wildman–Crippen MR) is 57.7 cm³/mol. The molecular weight excluding hydrogens is 222 g/mol. The third-order valence-corrected chi connectivity index (χ3v) is 2.07. The molecule has 17 heavy (non-hydrogen) atoms. The van der Waals surface area contributed by atoms with Gasteiger partial charge in [0.1, 0.15) is 6.61 Å². The second kappa shape index (κ2) is 5.07. The molecule has 5 nitrogen and oxygen atoms in total. The topological polar surface area (TPSA) is 69.4 Å². The van der Waals surface area contributed by atoms with E-state index in [1.54, 1.807) is 0 Å². The fourth-order valence-corrected chi connectivity index (χ4v) is 1.23. The molecule has 0 N–H and O–H groups in total. The van der Waals surface area contributed by atoms with Crippen molar-refractivity contribution < 1.29 is 18.8 Å². The Kier molecular flexibility index (Phi) is 3.30. The minimum absolute atomic E-state index is 0.122. The number of rotatable bonds is 5. The highest BCUT2D eigenvalue weighted by atomic mass is 16.5. The van der Waals surface area contributed by atoms with Crippen LogP contribution >= 0.6 is 0 Å². The Bertz CT molecular complexity index is 518. The van der Waals surface area contributed by atoms with Crippen LogP contribution in [0.3, 0.4) is 0 Å². The van der Waals surface area contributed by atoms with E-state index in [9.17, 15) is 9.59 Å². The van der Waals surface area contributed by atoms with Crippen molar-refractivity contribution in [1.82, 2.24) is 5.16 Å². The second-order valence-electron chi connectivity index (χ2n) is 3.29. The predicted octanol–water partition coefficient (Wildman–Crippen LogP) is 1.64. The number of ketones is 1. The maximum absolute atomic E-state index is 10.9. The lowest BCUT2D eigenvalue weighted by Crippen LogP contribution is -1.97. The van der Waals surface area contributed by atoms with Gasteiger partial charge in [-0.15, -0.1) is 0 Å². The first kappa shape index (κ1) is 11.1. The van der Waals surface area contributed by atoms with Crippen LogP contribution in [-0.4, -0.2) is 17.2 Å². The van der Waals surface area contributed by atoms with Crippen LogP contribution in [0.4, 0.5) is 0 Å². The number of carbonyl (C=O) groups is 2. The van der Waals surface area contributed by atoms with Crippen LogP contribution in [-0.2, 0) is 11.4 Å². The zero-order chi connectivity index (χ0) is 12.1. The highest BCUT2D eigenvalue weighted by molar-refractivity contribution is 6.32. The highest BCUT2D eigenvalue weighted by Gasteiger charge is 2.12. The van der Waals surface area contributed by atoms with Crippen molar-refractivity contribution in [3.8, 4) is 5.88 Å². The summed E-state index contributed by atoms with van der Waals surface area (Å²) in [6.07, 6.45) is 0.168. The van der Waals surface area contributed by atoms with Gasteiger partial charge in [-0.3, -0.25) is 9.59 Å². The van der Waals surface area contributed by atoms with Crippen LogP contribution in [0.25, 0.3) is 0 Å². The lowest BCUT2D eigenvalue weighted by atomic mass is 10.2. The van der Waals surface area contributed by atoms with E-state index in [0.29, 0.717) is 6.61 Å². The van der Waals surface area contributed by atoms with E-state index in [1.165, 1.54) is 6.07 Å². The molecule has 0 amide bonds. The Morgan fingerprint density at radius 2 is 2.12 bits per heavy atom. The Hall–Kier alpha value is -2.43. The minimum Gasteiger partial charge on any atom is -0.471 e. The number of hydrogen-bond acceptors (Lipinski definition) is 5. The molecule has 0 atom stereocenters. The second-order valence-corrected chi connectivity index (χ2v) is 3.29. The maximum atomic E-state index is 10.9. The Labute approximate surface area is 97.0 Å². The van der Waals surface area contributed by atoms with Crippen LogP contribution in [0.5, 0.6) is 5.88 Å². The third-order valence-electron chi connectivity index (χ3n) is 2.07. The highest BCUT2D eigenvalue weighted by Crippen LogP contribution is 2.13. The standard InChI is InChI=1S/C12H9NO4/c14-7-10(15)11-6-12(13-17-11)16-8-9-4-2-1-3-5-9/h1-7H,8H2. The number of ether oxygens (including phenoxy) is 1. The number of nitrogens with zero attached hydrogens (tertiary/aromatic N) is 1. The molecule has 0 aliphatic rings. The molecule has 0 bridgehead atoms. The van der Waals surface area contributed by atoms with Gasteiger partial charge in [-0.25, -0.2) is 0 Å². The van der Waals surface area contributed by atoms with Crippen LogP contribution in [0.2, 0.25) is 0 Å². The molecule has 0 saturated heterocycles. The zero-order valence-corrected chi connectivity index (χ0v) is 8.83. The number of Topliss-reactive ketones (excluding diaryl/α,β-unsaturated/α-hetero) is 1. The largest absolute Gasteiger partial charge is 0.471 e. The summed E-state index contributed by atoms with van der Waals surface area (Å²) < 4.78 is 9.94. The first-order chi connectivity index (χ1) is 8.29. The molecule has 0 radical (unpaired) electrons. The molecular formula is C12H9NO4. The summed E-state index contributed by atoms with van der Waals surface area (Å²) in [6, 6.07) is 10.8. The normalized spacial score (nSPS) is 9.88. The lowest BCUT2D eigenvalue weighted by Gasteiger charge is -2.00. The van der Waals surface area contributed by atoms with Crippen LogP contribution < -0.4 is 4.74 Å². The summed E-state index contributed by atoms with van der Waals surface area (Å²) in [5, 5.41) is 3.52. The van der Waals surface area contributed by atoms with E-state index in [-0.39, 0.29) is 17.9 Å². The molecule has 5 heteroatoms. The SMILES string of the molecule is O=CC(=O)c1cc(OCc2ccccc2)no1. The van der Waals surface area contributed by atoms with Gasteiger partial charge in [0.25, 0.3) is 11.7 Å². The van der Waals surface area contributed by atoms with Gasteiger partial charge in [-0.05, 0) is 10.7 Å². The van der Waals surface area contributed by atoms with E-state index in [2.05, 4.69) is 9.68 Å². The molecule has 0 saturated carbocycles. The van der Waals surface area contributed by atoms with Crippen molar-refractivity contribution in [2.75, 3.05) is 0 Å². The van der Waals surface area contributed by atoms with Crippen LogP contribution in [0, 0.1) is 0 Å². The fraction of sp³-hybridized carbons (Fsp3) is 0.0833. The van der Waals surface area contributed by atoms with Crippen molar-refractivity contribution in [2.45, 2.75) is 6.61 Å². The summed E-state index contributed by atoms with van der Waals surface area (Å²) in [7, 11) is 0. The average Bonchev–Trinajstić information content (AvgIpc) is 2.85. The summed E-state index contributed by atoms with van der Waals surface area (Å²) >= 11 is 0. The lowest BCUT2D eigenvalue weighted by molar-refractivity contribution is -0.104. The zero-order valence-electron chi connectivity index (χ0n) is 8.83. The average molecular weight is 231 g/mol. The molecule has 2 rings (SSSR count). The summed E-state index contributed by atoms with van der Waals surface area (Å²) in [6.45, 7) is 0.322. The first-order valence-electron chi connectivity index (χ1n) is 4.92. The van der Waals surface area contributed by atoms with Gasteiger partial charge >= 0.3 is 0 Å². The summed E-state index contributed by atoms with van der Waals surface area (Å²) in [5.74, 6) is -0.700. The molecule has 1 aromatic carbocycles. The Morgan fingerprint density at radius 1 is 1.35 bits per heavy atom. The smallest absolute Gasteiger partial charge is 0.263 e. The van der Waals surface area contributed by atoms with Gasteiger partial charge in [0.2, 0.25) is 5.76 Å². The Balaban J connectivity index is 1.98. The molecule has 0 unspecified atom stereocenters. The quantitative estimate of drug-likeness (QED) is 0.444. The molecule has 0 fully saturated rings. The molecule has 1 aromatic heterocycles. The van der Waals surface area contributed by atoms with Crippen molar-refractivity contribution in [2.24, 2.45) is 0 Å². The van der Waals surface area contributed by atoms with Crippen molar-refractivity contribution in [3.63, 3.8) is 0 Å². The third kappa shape index (κ3) is 2.78. The van der Waals surface area contributed by atoms with Gasteiger partial charge < -0.3 is 9.26 Å². The minimum atomic E-state index is -0.757. The van der Waals surface area contributed by atoms with E-state index in [0.717, 1.165) is 5.56 Å². The van der Waals surface area contributed by atoms with Gasteiger partial charge in [-0.1, -0.05) is 30.3 Å². The number of aldehydes is 1. The molecule has 1 heterocycles. The number of benzene rings is 1. The molecule has 0 aliphatic heterocycles. The van der Waals surface area contributed by atoms with Crippen molar-refractivity contribution >= 4 is 12.1 Å². The van der Waals surface area contributed by atoms with E-state index < -0.39 is 5.78 Å². The van der Waals surface area contributed by atoms with E-state index >= 15 is 0 Å². The molecule has 2 aromatic rings. The molecule has 0 aliphatic carbocycles. The van der Waals surface area contributed by atoms with Gasteiger partial charge in [0.05, 0.1) is 6.07 Å². The Morgan fingerprint density at radius 3 is 2.82 bits per heavy atom. The summed E-state index contributed by atoms with van der Waals surface area (Å²) in [4.78, 5) is 21.2. The van der Waals surface area contributed by atoms with E-state index in [1.807, 2.05) is 30.3 Å². The van der Waals surface area contributed by atoms with Gasteiger partial charge in [0, 0.05) is 0 Å². The number of hydrogen-bond donors (Lipinski definition) is 0. The van der Waals surface area contributed by atoms with Crippen LogP contribution in [0.1, 0.15) is 16.1 Å². The summed E-state index contributed by atoms with van der Waals surface area (Å²) in [5.41, 5.74) is 0.971. The monoisotopic (exact) mass is 231 g/mol. The maximum Gasteiger partial charge on any atom is 0.263 e. The van der Waals surface area contributed by atoms with E-state index in [4.69, 9.17) is 4.74 Å². The number of aromatic nitrogens is 1. The van der Waals surface area contributed by atoms with Crippen LogP contribution in [0.15, 0.2) is 40.9 Å². The fourth-order valence-electron chi connectivity index (χ4n) is 1.23. The molecule has 86 valence electrons.